The third-order valence-corrected chi connectivity index (χ3v) is 7.44. The highest BCUT2D eigenvalue weighted by Gasteiger charge is 2.43. The van der Waals surface area contributed by atoms with E-state index in [1.54, 1.807) is 30.5 Å². The molecule has 1 aliphatic heterocycles. The first-order chi connectivity index (χ1) is 13.7. The average Bonchev–Trinajstić information content (AvgIpc) is 3.35. The van der Waals surface area contributed by atoms with Gasteiger partial charge in [0.05, 0.1) is 24.1 Å². The minimum Gasteiger partial charge on any atom is -0.391 e. The van der Waals surface area contributed by atoms with Gasteiger partial charge in [0.15, 0.2) is 0 Å². The van der Waals surface area contributed by atoms with Gasteiger partial charge in [0.1, 0.15) is 0 Å². The monoisotopic (exact) mass is 418 g/mol. The second-order valence-corrected chi connectivity index (χ2v) is 10.1. The first kappa shape index (κ1) is 19.9. The Morgan fingerprint density at radius 2 is 1.83 bits per heavy atom. The number of likely N-dealkylation sites (tertiary alicyclic amines) is 1. The van der Waals surface area contributed by atoms with E-state index in [-0.39, 0.29) is 17.9 Å². The van der Waals surface area contributed by atoms with E-state index >= 15 is 0 Å². The van der Waals surface area contributed by atoms with E-state index in [1.807, 2.05) is 21.8 Å². The maximum atomic E-state index is 13.0. The molecule has 1 amide bonds. The molecule has 4 atom stereocenters. The predicted molar refractivity (Wildman–Crippen MR) is 109 cm³/mol. The molecule has 9 heteroatoms. The maximum absolute atomic E-state index is 13.0. The first-order valence-electron chi connectivity index (χ1n) is 9.74. The number of aliphatic hydroxyl groups is 1. The first-order valence-corrected chi connectivity index (χ1v) is 11.6. The van der Waals surface area contributed by atoms with Gasteiger partial charge in [-0.05, 0) is 55.0 Å². The van der Waals surface area contributed by atoms with E-state index in [4.69, 9.17) is 0 Å². The minimum absolute atomic E-state index is 0.0490. The van der Waals surface area contributed by atoms with Crippen molar-refractivity contribution in [1.82, 2.24) is 14.7 Å². The van der Waals surface area contributed by atoms with E-state index in [0.29, 0.717) is 36.7 Å². The van der Waals surface area contributed by atoms with E-state index in [2.05, 4.69) is 5.10 Å². The van der Waals surface area contributed by atoms with Crippen LogP contribution in [0.4, 0.5) is 5.69 Å². The lowest BCUT2D eigenvalue weighted by atomic mass is 9.77. The van der Waals surface area contributed by atoms with Crippen molar-refractivity contribution in [2.45, 2.75) is 25.0 Å². The van der Waals surface area contributed by atoms with Gasteiger partial charge in [0.25, 0.3) is 5.91 Å². The summed E-state index contributed by atoms with van der Waals surface area (Å²) in [6, 6.07) is 8.44. The fourth-order valence-corrected chi connectivity index (χ4v) is 5.03. The highest BCUT2D eigenvalue weighted by Crippen LogP contribution is 2.41. The molecular weight excluding hydrogens is 392 g/mol. The number of rotatable bonds is 4. The summed E-state index contributed by atoms with van der Waals surface area (Å²) in [7, 11) is -1.86. The molecule has 1 aromatic heterocycles. The van der Waals surface area contributed by atoms with Crippen molar-refractivity contribution >= 4 is 21.6 Å². The zero-order valence-electron chi connectivity index (χ0n) is 16.5. The molecule has 1 saturated heterocycles. The number of carbonyl (C=O) groups excluding carboxylic acids is 1. The van der Waals surface area contributed by atoms with Gasteiger partial charge in [-0.1, -0.05) is 0 Å². The zero-order chi connectivity index (χ0) is 20.8. The van der Waals surface area contributed by atoms with Crippen molar-refractivity contribution in [1.29, 1.82) is 0 Å². The van der Waals surface area contributed by atoms with Crippen molar-refractivity contribution in [2.75, 3.05) is 30.7 Å². The topological polar surface area (TPSA) is 95.7 Å². The van der Waals surface area contributed by atoms with Crippen LogP contribution in [0.2, 0.25) is 0 Å². The van der Waals surface area contributed by atoms with Gasteiger partial charge in [-0.25, -0.2) is 8.42 Å². The Morgan fingerprint density at radius 1 is 1.17 bits per heavy atom. The molecule has 0 bridgehead atoms. The summed E-state index contributed by atoms with van der Waals surface area (Å²) in [5.74, 6) is 0.571. The molecule has 4 rings (SSSR count). The zero-order valence-corrected chi connectivity index (χ0v) is 17.4. The lowest BCUT2D eigenvalue weighted by Gasteiger charge is -2.35. The summed E-state index contributed by atoms with van der Waals surface area (Å²) >= 11 is 0. The molecule has 0 unspecified atom stereocenters. The number of benzene rings is 1. The van der Waals surface area contributed by atoms with E-state index in [9.17, 15) is 18.3 Å². The average molecular weight is 419 g/mol. The van der Waals surface area contributed by atoms with Crippen molar-refractivity contribution in [2.24, 2.45) is 11.8 Å². The van der Waals surface area contributed by atoms with Crippen molar-refractivity contribution in [3.8, 4) is 0 Å². The Balaban J connectivity index is 1.45. The van der Waals surface area contributed by atoms with Crippen molar-refractivity contribution < 1.29 is 18.3 Å². The van der Waals surface area contributed by atoms with Gasteiger partial charge in [0.2, 0.25) is 10.0 Å². The molecule has 0 radical (unpaired) electrons. The van der Waals surface area contributed by atoms with E-state index < -0.39 is 16.1 Å². The van der Waals surface area contributed by atoms with Crippen LogP contribution in [0.3, 0.4) is 0 Å². The van der Waals surface area contributed by atoms with Crippen LogP contribution < -0.4 is 4.31 Å². The molecule has 156 valence electrons. The number of hydrogen-bond acceptors (Lipinski definition) is 5. The van der Waals surface area contributed by atoms with Gasteiger partial charge < -0.3 is 10.0 Å². The normalized spacial score (nSPS) is 26.9. The van der Waals surface area contributed by atoms with Crippen LogP contribution in [0.1, 0.15) is 29.2 Å². The second kappa shape index (κ2) is 7.46. The Morgan fingerprint density at radius 3 is 2.41 bits per heavy atom. The number of aromatic nitrogens is 2. The maximum Gasteiger partial charge on any atom is 0.253 e. The number of amides is 1. The van der Waals surface area contributed by atoms with Crippen LogP contribution in [0.25, 0.3) is 0 Å². The quantitative estimate of drug-likeness (QED) is 0.809. The minimum atomic E-state index is -3.34. The number of aliphatic hydroxyl groups excluding tert-OH is 1. The van der Waals surface area contributed by atoms with Crippen LogP contribution in [-0.2, 0) is 10.0 Å². The number of hydrogen-bond donors (Lipinski definition) is 1. The molecule has 2 fully saturated rings. The molecule has 1 N–H and O–H groups in total. The summed E-state index contributed by atoms with van der Waals surface area (Å²) in [6.45, 7) is 1.30. The highest BCUT2D eigenvalue weighted by atomic mass is 32.2. The molecule has 0 spiro atoms. The molecule has 2 heterocycles. The third kappa shape index (κ3) is 3.89. The number of sulfonamides is 1. The van der Waals surface area contributed by atoms with Crippen LogP contribution >= 0.6 is 0 Å². The SMILES string of the molecule is CN(c1ccc(C(=O)N2C[C@H]3C[C@@H](n4cccn4)[C@H](O)C[C@H]3C2)cc1)S(C)(=O)=O. The van der Waals surface area contributed by atoms with Gasteiger partial charge in [-0.3, -0.25) is 13.8 Å². The summed E-state index contributed by atoms with van der Waals surface area (Å²) in [4.78, 5) is 14.8. The Kier molecular flexibility index (Phi) is 5.12. The second-order valence-electron chi connectivity index (χ2n) is 8.10. The molecule has 29 heavy (non-hydrogen) atoms. The number of fused-ring (bicyclic) bond motifs is 1. The molecule has 2 aromatic rings. The summed E-state index contributed by atoms with van der Waals surface area (Å²) in [5, 5.41) is 14.8. The Labute approximate surface area is 170 Å². The molecule has 1 aliphatic carbocycles. The lowest BCUT2D eigenvalue weighted by Crippen LogP contribution is -2.36. The number of carbonyl (C=O) groups is 1. The van der Waals surface area contributed by atoms with Crippen LogP contribution in [0, 0.1) is 11.8 Å². The Hall–Kier alpha value is -2.39. The fourth-order valence-electron chi connectivity index (χ4n) is 4.52. The largest absolute Gasteiger partial charge is 0.391 e. The number of anilines is 1. The van der Waals surface area contributed by atoms with Gasteiger partial charge in [0, 0.05) is 38.1 Å². The molecule has 2 aliphatic rings. The number of nitrogens with zero attached hydrogens (tertiary/aromatic N) is 4. The van der Waals surface area contributed by atoms with Crippen LogP contribution in [0.15, 0.2) is 42.7 Å². The summed E-state index contributed by atoms with van der Waals surface area (Å²) < 4.78 is 26.3. The molecule has 1 saturated carbocycles. The predicted octanol–water partition coefficient (Wildman–Crippen LogP) is 1.36. The van der Waals surface area contributed by atoms with Crippen molar-refractivity contribution in [3.05, 3.63) is 48.3 Å². The Bertz CT molecular complexity index is 974. The third-order valence-electron chi connectivity index (χ3n) is 6.24. The standard InChI is InChI=1S/C20H26N4O4S/c1-22(29(2,27)28)17-6-4-14(5-7-17)20(26)23-12-15-10-18(24-9-3-8-21-24)19(25)11-16(15)13-23/h3-9,15-16,18-19,25H,10-13H2,1-2H3/t15-,16+,18-,19-/m1/s1. The van der Waals surface area contributed by atoms with Gasteiger partial charge >= 0.3 is 0 Å². The van der Waals surface area contributed by atoms with Crippen LogP contribution in [-0.4, -0.2) is 66.6 Å². The fraction of sp³-hybridized carbons (Fsp3) is 0.500. The van der Waals surface area contributed by atoms with Crippen molar-refractivity contribution in [3.63, 3.8) is 0 Å². The van der Waals surface area contributed by atoms with E-state index in [0.717, 1.165) is 12.7 Å². The summed E-state index contributed by atoms with van der Waals surface area (Å²) in [5.41, 5.74) is 1.06. The molecule has 8 nitrogen and oxygen atoms in total. The lowest BCUT2D eigenvalue weighted by molar-refractivity contribution is 0.0306. The van der Waals surface area contributed by atoms with Gasteiger partial charge in [-0.2, -0.15) is 5.10 Å². The summed E-state index contributed by atoms with van der Waals surface area (Å²) in [6.07, 6.45) is 5.74. The van der Waals surface area contributed by atoms with Gasteiger partial charge in [-0.15, -0.1) is 0 Å². The smallest absolute Gasteiger partial charge is 0.253 e. The highest BCUT2D eigenvalue weighted by molar-refractivity contribution is 7.92. The van der Waals surface area contributed by atoms with E-state index in [1.165, 1.54) is 11.4 Å². The molecular formula is C20H26N4O4S. The van der Waals surface area contributed by atoms with Crippen LogP contribution in [0.5, 0.6) is 0 Å². The molecule has 1 aromatic carbocycles.